The molecule has 0 saturated heterocycles. The molecule has 0 N–H and O–H groups in total. The Kier molecular flexibility index (Phi) is 5.34. The zero-order valence-electron chi connectivity index (χ0n) is 11.2. The molecule has 0 aliphatic heterocycles. The third-order valence-corrected chi connectivity index (χ3v) is 3.59. The van der Waals surface area contributed by atoms with Gasteiger partial charge in [-0.05, 0) is 35.9 Å². The minimum absolute atomic E-state index is 0.254. The van der Waals surface area contributed by atoms with E-state index in [9.17, 15) is 0 Å². The number of ether oxygens (including phenoxy) is 1. The molecular formula is C14H23NOS. The number of hydrogen-bond acceptors (Lipinski definition) is 3. The lowest BCUT2D eigenvalue weighted by atomic mass is 9.95. The Labute approximate surface area is 110 Å². The molecule has 0 aromatic heterocycles. The van der Waals surface area contributed by atoms with Crippen LogP contribution in [0.1, 0.15) is 19.4 Å². The van der Waals surface area contributed by atoms with Crippen molar-refractivity contribution in [2.75, 3.05) is 26.5 Å². The van der Waals surface area contributed by atoms with E-state index in [1.54, 1.807) is 7.11 Å². The van der Waals surface area contributed by atoms with E-state index in [4.69, 9.17) is 4.74 Å². The normalized spacial score (nSPS) is 11.9. The number of rotatable bonds is 6. The first-order chi connectivity index (χ1) is 7.96. The molecule has 0 unspecified atom stereocenters. The Morgan fingerprint density at radius 3 is 2.29 bits per heavy atom. The first-order valence-electron chi connectivity index (χ1n) is 5.89. The second-order valence-electron chi connectivity index (χ2n) is 5.34. The van der Waals surface area contributed by atoms with Gasteiger partial charge >= 0.3 is 0 Å². The molecule has 0 aliphatic carbocycles. The third kappa shape index (κ3) is 5.00. The molecule has 0 heterocycles. The molecule has 0 spiro atoms. The summed E-state index contributed by atoms with van der Waals surface area (Å²) in [4.78, 5) is 2.33. The molecular weight excluding hydrogens is 230 g/mol. The van der Waals surface area contributed by atoms with E-state index >= 15 is 0 Å². The summed E-state index contributed by atoms with van der Waals surface area (Å²) in [6, 6.07) is 8.24. The summed E-state index contributed by atoms with van der Waals surface area (Å²) < 4.78 is 5.15. The average molecular weight is 253 g/mol. The second-order valence-corrected chi connectivity index (χ2v) is 5.66. The predicted molar refractivity (Wildman–Crippen MR) is 77.0 cm³/mol. The predicted octanol–water partition coefficient (Wildman–Crippen LogP) is 3.08. The molecule has 96 valence electrons. The van der Waals surface area contributed by atoms with Gasteiger partial charge in [0.1, 0.15) is 5.75 Å². The van der Waals surface area contributed by atoms with Crippen LogP contribution in [0.2, 0.25) is 0 Å². The molecule has 1 rings (SSSR count). The van der Waals surface area contributed by atoms with Crippen LogP contribution in [0.4, 0.5) is 0 Å². The standard InChI is InChI=1S/C14H23NOS/c1-14(2,11-17)10-15(3)9-12-5-7-13(16-4)8-6-12/h5-8,17H,9-11H2,1-4H3. The summed E-state index contributed by atoms with van der Waals surface area (Å²) in [5.74, 6) is 1.81. The highest BCUT2D eigenvalue weighted by molar-refractivity contribution is 7.80. The van der Waals surface area contributed by atoms with Gasteiger partial charge in [-0.25, -0.2) is 0 Å². The van der Waals surface area contributed by atoms with Crippen LogP contribution in [0.3, 0.4) is 0 Å². The van der Waals surface area contributed by atoms with E-state index in [0.717, 1.165) is 24.6 Å². The minimum Gasteiger partial charge on any atom is -0.497 e. The molecule has 0 fully saturated rings. The molecule has 0 radical (unpaired) electrons. The Morgan fingerprint density at radius 1 is 1.24 bits per heavy atom. The topological polar surface area (TPSA) is 12.5 Å². The van der Waals surface area contributed by atoms with E-state index < -0.39 is 0 Å². The van der Waals surface area contributed by atoms with Gasteiger partial charge in [0.25, 0.3) is 0 Å². The fraction of sp³-hybridized carbons (Fsp3) is 0.571. The van der Waals surface area contributed by atoms with Gasteiger partial charge in [0, 0.05) is 13.1 Å². The molecule has 0 atom stereocenters. The molecule has 3 heteroatoms. The smallest absolute Gasteiger partial charge is 0.118 e. The van der Waals surface area contributed by atoms with E-state index in [0.29, 0.717) is 0 Å². The molecule has 2 nitrogen and oxygen atoms in total. The SMILES string of the molecule is COc1ccc(CN(C)CC(C)(C)CS)cc1. The van der Waals surface area contributed by atoms with Gasteiger partial charge < -0.3 is 9.64 Å². The average Bonchev–Trinajstić information content (AvgIpc) is 2.29. The number of benzene rings is 1. The van der Waals surface area contributed by atoms with Crippen LogP contribution in [0.15, 0.2) is 24.3 Å². The molecule has 17 heavy (non-hydrogen) atoms. The van der Waals surface area contributed by atoms with Gasteiger partial charge in [0.15, 0.2) is 0 Å². The van der Waals surface area contributed by atoms with Crippen molar-refractivity contribution in [2.24, 2.45) is 5.41 Å². The molecule has 0 bridgehead atoms. The molecule has 1 aromatic rings. The zero-order valence-corrected chi connectivity index (χ0v) is 12.1. The van der Waals surface area contributed by atoms with Gasteiger partial charge in [-0.15, -0.1) is 0 Å². The van der Waals surface area contributed by atoms with Crippen LogP contribution >= 0.6 is 12.6 Å². The lowest BCUT2D eigenvalue weighted by Crippen LogP contribution is -2.32. The van der Waals surface area contributed by atoms with E-state index in [1.165, 1.54) is 5.56 Å². The number of thiol groups is 1. The first-order valence-corrected chi connectivity index (χ1v) is 6.52. The summed E-state index contributed by atoms with van der Waals surface area (Å²) in [5, 5.41) is 0. The summed E-state index contributed by atoms with van der Waals surface area (Å²) >= 11 is 4.38. The third-order valence-electron chi connectivity index (χ3n) is 2.74. The molecule has 0 amide bonds. The van der Waals surface area contributed by atoms with Crippen LogP contribution < -0.4 is 4.74 Å². The summed E-state index contributed by atoms with van der Waals surface area (Å²) in [5.41, 5.74) is 1.56. The number of hydrogen-bond donors (Lipinski definition) is 1. The van der Waals surface area contributed by atoms with Crippen molar-refractivity contribution in [3.05, 3.63) is 29.8 Å². The maximum absolute atomic E-state index is 5.15. The van der Waals surface area contributed by atoms with E-state index in [1.807, 2.05) is 12.1 Å². The van der Waals surface area contributed by atoms with Crippen molar-refractivity contribution in [3.8, 4) is 5.75 Å². The lowest BCUT2D eigenvalue weighted by Gasteiger charge is -2.28. The van der Waals surface area contributed by atoms with Crippen molar-refractivity contribution in [1.29, 1.82) is 0 Å². The summed E-state index contributed by atoms with van der Waals surface area (Å²) in [6.45, 7) is 6.48. The van der Waals surface area contributed by atoms with E-state index in [2.05, 4.69) is 50.6 Å². The largest absolute Gasteiger partial charge is 0.497 e. The van der Waals surface area contributed by atoms with E-state index in [-0.39, 0.29) is 5.41 Å². The van der Waals surface area contributed by atoms with Crippen molar-refractivity contribution < 1.29 is 4.74 Å². The quantitative estimate of drug-likeness (QED) is 0.782. The summed E-state index contributed by atoms with van der Waals surface area (Å²) in [7, 11) is 3.84. The fourth-order valence-electron chi connectivity index (χ4n) is 1.88. The van der Waals surface area contributed by atoms with Crippen molar-refractivity contribution >= 4 is 12.6 Å². The highest BCUT2D eigenvalue weighted by Crippen LogP contribution is 2.19. The Morgan fingerprint density at radius 2 is 1.82 bits per heavy atom. The lowest BCUT2D eigenvalue weighted by molar-refractivity contribution is 0.225. The molecule has 0 saturated carbocycles. The number of nitrogens with zero attached hydrogens (tertiary/aromatic N) is 1. The molecule has 1 aromatic carbocycles. The maximum Gasteiger partial charge on any atom is 0.118 e. The van der Waals surface area contributed by atoms with Crippen molar-refractivity contribution in [2.45, 2.75) is 20.4 Å². The first kappa shape index (κ1) is 14.4. The van der Waals surface area contributed by atoms with Crippen LogP contribution in [0.5, 0.6) is 5.75 Å². The van der Waals surface area contributed by atoms with Gasteiger partial charge in [0.05, 0.1) is 7.11 Å². The second kappa shape index (κ2) is 6.31. The van der Waals surface area contributed by atoms with Gasteiger partial charge in [-0.1, -0.05) is 26.0 Å². The maximum atomic E-state index is 5.15. The van der Waals surface area contributed by atoms with Gasteiger partial charge in [-0.2, -0.15) is 12.6 Å². The van der Waals surface area contributed by atoms with Crippen LogP contribution in [-0.4, -0.2) is 31.4 Å². The highest BCUT2D eigenvalue weighted by Gasteiger charge is 2.18. The van der Waals surface area contributed by atoms with Crippen LogP contribution in [-0.2, 0) is 6.54 Å². The zero-order chi connectivity index (χ0) is 12.9. The molecule has 0 aliphatic rings. The van der Waals surface area contributed by atoms with Gasteiger partial charge in [-0.3, -0.25) is 0 Å². The van der Waals surface area contributed by atoms with Crippen LogP contribution in [0.25, 0.3) is 0 Å². The Hall–Kier alpha value is -0.670. The Balaban J connectivity index is 2.52. The van der Waals surface area contributed by atoms with Crippen molar-refractivity contribution in [3.63, 3.8) is 0 Å². The van der Waals surface area contributed by atoms with Crippen molar-refractivity contribution in [1.82, 2.24) is 4.90 Å². The number of methoxy groups -OCH3 is 1. The monoisotopic (exact) mass is 253 g/mol. The highest BCUT2D eigenvalue weighted by atomic mass is 32.1. The Bertz CT molecular complexity index is 335. The summed E-state index contributed by atoms with van der Waals surface area (Å²) in [6.07, 6.45) is 0. The minimum atomic E-state index is 0.254. The van der Waals surface area contributed by atoms with Gasteiger partial charge in [0.2, 0.25) is 0 Å². The fourth-order valence-corrected chi connectivity index (χ4v) is 1.98. The van der Waals surface area contributed by atoms with Crippen LogP contribution in [0, 0.1) is 5.41 Å².